The van der Waals surface area contributed by atoms with Crippen LogP contribution in [0.1, 0.15) is 39.0 Å². The van der Waals surface area contributed by atoms with E-state index in [-0.39, 0.29) is 18.6 Å². The molecular weight excluding hydrogens is 246 g/mol. The summed E-state index contributed by atoms with van der Waals surface area (Å²) in [6.07, 6.45) is 5.69. The maximum Gasteiger partial charge on any atom is 0.319 e. The van der Waals surface area contributed by atoms with Gasteiger partial charge in [0.1, 0.15) is 0 Å². The van der Waals surface area contributed by atoms with Crippen molar-refractivity contribution in [1.82, 2.24) is 5.32 Å². The van der Waals surface area contributed by atoms with Gasteiger partial charge in [0.15, 0.2) is 0 Å². The third-order valence-corrected chi connectivity index (χ3v) is 3.74. The molecule has 0 aromatic carbocycles. The molecule has 2 N–H and O–H groups in total. The molecule has 1 aliphatic rings. The van der Waals surface area contributed by atoms with E-state index in [2.05, 4.69) is 17.0 Å². The zero-order valence-electron chi connectivity index (χ0n) is 12.1. The lowest BCUT2D eigenvalue weighted by atomic mass is 9.85. The Morgan fingerprint density at radius 3 is 2.84 bits per heavy atom. The average Bonchev–Trinajstić information content (AvgIpc) is 2.45. The molecule has 0 radical (unpaired) electrons. The zero-order valence-corrected chi connectivity index (χ0v) is 12.1. The van der Waals surface area contributed by atoms with E-state index in [0.29, 0.717) is 19.1 Å². The Hall–Kier alpha value is -0.650. The molecule has 0 spiro atoms. The number of esters is 1. The molecule has 0 aromatic rings. The number of methoxy groups -OCH3 is 1. The molecule has 5 nitrogen and oxygen atoms in total. The van der Waals surface area contributed by atoms with E-state index >= 15 is 0 Å². The minimum atomic E-state index is -0.580. The number of hydrogen-bond acceptors (Lipinski definition) is 5. The average molecular weight is 273 g/mol. The molecule has 3 atom stereocenters. The van der Waals surface area contributed by atoms with Gasteiger partial charge in [-0.05, 0) is 18.8 Å². The third kappa shape index (κ3) is 6.36. The standard InChI is InChI=1S/C14H27NO4/c1-3-11-6-4-5-7-13(11)19-10-12(16)8-15-9-14(17)18-2/h11-13,15-16H,3-10H2,1-2H3. The Morgan fingerprint density at radius 2 is 2.16 bits per heavy atom. The van der Waals surface area contributed by atoms with Crippen molar-refractivity contribution in [3.8, 4) is 0 Å². The summed E-state index contributed by atoms with van der Waals surface area (Å²) in [4.78, 5) is 10.9. The maximum atomic E-state index is 10.9. The Labute approximate surface area is 115 Å². The smallest absolute Gasteiger partial charge is 0.319 e. The predicted octanol–water partition coefficient (Wildman–Crippen LogP) is 1.10. The van der Waals surface area contributed by atoms with Gasteiger partial charge in [0.05, 0.1) is 32.5 Å². The summed E-state index contributed by atoms with van der Waals surface area (Å²) < 4.78 is 10.3. The number of carbonyl (C=O) groups excluding carboxylic acids is 1. The Kier molecular flexibility index (Phi) is 8.02. The van der Waals surface area contributed by atoms with Crippen molar-refractivity contribution in [2.24, 2.45) is 5.92 Å². The highest BCUT2D eigenvalue weighted by Gasteiger charge is 2.24. The van der Waals surface area contributed by atoms with E-state index in [1.54, 1.807) is 0 Å². The van der Waals surface area contributed by atoms with Gasteiger partial charge in [0, 0.05) is 6.54 Å². The highest BCUT2D eigenvalue weighted by atomic mass is 16.5. The van der Waals surface area contributed by atoms with Gasteiger partial charge >= 0.3 is 5.97 Å². The number of ether oxygens (including phenoxy) is 2. The van der Waals surface area contributed by atoms with Crippen LogP contribution in [0.5, 0.6) is 0 Å². The Bertz CT molecular complexity index is 260. The van der Waals surface area contributed by atoms with Gasteiger partial charge in [-0.1, -0.05) is 26.2 Å². The van der Waals surface area contributed by atoms with Crippen molar-refractivity contribution in [3.05, 3.63) is 0 Å². The normalized spacial score (nSPS) is 25.0. The van der Waals surface area contributed by atoms with Gasteiger partial charge in [0.25, 0.3) is 0 Å². The second-order valence-electron chi connectivity index (χ2n) is 5.19. The Morgan fingerprint density at radius 1 is 1.42 bits per heavy atom. The fourth-order valence-corrected chi connectivity index (χ4v) is 2.57. The molecule has 0 aliphatic heterocycles. The molecule has 0 aromatic heterocycles. The van der Waals surface area contributed by atoms with Crippen LogP contribution in [-0.4, -0.2) is 50.1 Å². The zero-order chi connectivity index (χ0) is 14.1. The van der Waals surface area contributed by atoms with Crippen LogP contribution in [0.2, 0.25) is 0 Å². The lowest BCUT2D eigenvalue weighted by Gasteiger charge is -2.31. The molecule has 5 heteroatoms. The largest absolute Gasteiger partial charge is 0.468 e. The minimum absolute atomic E-state index is 0.120. The summed E-state index contributed by atoms with van der Waals surface area (Å²) in [7, 11) is 1.34. The second kappa shape index (κ2) is 9.28. The van der Waals surface area contributed by atoms with Crippen LogP contribution in [0.3, 0.4) is 0 Å². The van der Waals surface area contributed by atoms with Crippen LogP contribution in [0, 0.1) is 5.92 Å². The van der Waals surface area contributed by atoms with Gasteiger partial charge in [-0.25, -0.2) is 0 Å². The van der Waals surface area contributed by atoms with E-state index in [9.17, 15) is 9.90 Å². The fourth-order valence-electron chi connectivity index (χ4n) is 2.57. The molecule has 1 saturated carbocycles. The fraction of sp³-hybridized carbons (Fsp3) is 0.929. The molecule has 0 heterocycles. The van der Waals surface area contributed by atoms with Gasteiger partial charge in [0.2, 0.25) is 0 Å². The predicted molar refractivity (Wildman–Crippen MR) is 72.9 cm³/mol. The quantitative estimate of drug-likeness (QED) is 0.648. The summed E-state index contributed by atoms with van der Waals surface area (Å²) in [5, 5.41) is 12.6. The van der Waals surface area contributed by atoms with E-state index in [1.165, 1.54) is 26.4 Å². The van der Waals surface area contributed by atoms with Gasteiger partial charge in [-0.2, -0.15) is 0 Å². The number of hydrogen-bond donors (Lipinski definition) is 2. The molecular formula is C14H27NO4. The summed E-state index contributed by atoms with van der Waals surface area (Å²) in [6, 6.07) is 0. The molecule has 0 saturated heterocycles. The monoisotopic (exact) mass is 273 g/mol. The van der Waals surface area contributed by atoms with E-state index in [1.807, 2.05) is 0 Å². The molecule has 1 fully saturated rings. The van der Waals surface area contributed by atoms with Crippen molar-refractivity contribution in [2.75, 3.05) is 26.8 Å². The van der Waals surface area contributed by atoms with Crippen molar-refractivity contribution in [2.45, 2.75) is 51.2 Å². The summed E-state index contributed by atoms with van der Waals surface area (Å²) in [5.41, 5.74) is 0. The van der Waals surface area contributed by atoms with Crippen molar-refractivity contribution >= 4 is 5.97 Å². The maximum absolute atomic E-state index is 10.9. The molecule has 3 unspecified atom stereocenters. The first-order chi connectivity index (χ1) is 9.17. The lowest BCUT2D eigenvalue weighted by Crippen LogP contribution is -2.36. The van der Waals surface area contributed by atoms with Crippen LogP contribution in [0.25, 0.3) is 0 Å². The van der Waals surface area contributed by atoms with Crippen molar-refractivity contribution in [3.63, 3.8) is 0 Å². The first-order valence-electron chi connectivity index (χ1n) is 7.24. The molecule has 0 amide bonds. The third-order valence-electron chi connectivity index (χ3n) is 3.74. The van der Waals surface area contributed by atoms with Crippen LogP contribution < -0.4 is 5.32 Å². The van der Waals surface area contributed by atoms with Crippen molar-refractivity contribution in [1.29, 1.82) is 0 Å². The van der Waals surface area contributed by atoms with E-state index in [0.717, 1.165) is 12.8 Å². The number of aliphatic hydroxyl groups is 1. The van der Waals surface area contributed by atoms with Crippen LogP contribution >= 0.6 is 0 Å². The topological polar surface area (TPSA) is 67.8 Å². The number of aliphatic hydroxyl groups excluding tert-OH is 1. The molecule has 0 bridgehead atoms. The Balaban J connectivity index is 2.14. The van der Waals surface area contributed by atoms with Gasteiger partial charge in [-0.15, -0.1) is 0 Å². The van der Waals surface area contributed by atoms with Gasteiger partial charge in [-0.3, -0.25) is 4.79 Å². The summed E-state index contributed by atoms with van der Waals surface area (Å²) >= 11 is 0. The highest BCUT2D eigenvalue weighted by Crippen LogP contribution is 2.29. The number of nitrogens with one attached hydrogen (secondary N) is 1. The molecule has 19 heavy (non-hydrogen) atoms. The molecule has 1 rings (SSSR count). The molecule has 1 aliphatic carbocycles. The lowest BCUT2D eigenvalue weighted by molar-refractivity contribution is -0.139. The number of carbonyl (C=O) groups is 1. The number of rotatable bonds is 8. The second-order valence-corrected chi connectivity index (χ2v) is 5.19. The van der Waals surface area contributed by atoms with Crippen molar-refractivity contribution < 1.29 is 19.4 Å². The summed E-state index contributed by atoms with van der Waals surface area (Å²) in [6.45, 7) is 2.99. The first-order valence-corrected chi connectivity index (χ1v) is 7.24. The molecule has 112 valence electrons. The van der Waals surface area contributed by atoms with Crippen LogP contribution in [-0.2, 0) is 14.3 Å². The van der Waals surface area contributed by atoms with E-state index in [4.69, 9.17) is 4.74 Å². The van der Waals surface area contributed by atoms with Gasteiger partial charge < -0.3 is 19.9 Å². The first kappa shape index (κ1) is 16.4. The van der Waals surface area contributed by atoms with E-state index < -0.39 is 6.10 Å². The summed E-state index contributed by atoms with van der Waals surface area (Å²) in [5.74, 6) is 0.301. The SMILES string of the molecule is CCC1CCCCC1OCC(O)CNCC(=O)OC. The van der Waals surface area contributed by atoms with Crippen LogP contribution in [0.15, 0.2) is 0 Å². The minimum Gasteiger partial charge on any atom is -0.468 e. The van der Waals surface area contributed by atoms with Crippen LogP contribution in [0.4, 0.5) is 0 Å². The highest BCUT2D eigenvalue weighted by molar-refractivity contribution is 5.71.